The Bertz CT molecular complexity index is 228. The first kappa shape index (κ1) is 13.2. The number of nitrogens with one attached hydrogen (secondary N) is 1. The van der Waals surface area contributed by atoms with Gasteiger partial charge in [0.05, 0.1) is 5.75 Å². The maximum absolute atomic E-state index is 11.3. The van der Waals surface area contributed by atoms with Crippen LogP contribution in [0, 0.1) is 5.92 Å². The van der Waals surface area contributed by atoms with Gasteiger partial charge in [0.2, 0.25) is 10.0 Å². The topological polar surface area (TPSA) is 46.2 Å². The number of halogens is 1. The molecule has 0 aromatic carbocycles. The first-order valence-electron chi connectivity index (χ1n) is 4.49. The van der Waals surface area contributed by atoms with Gasteiger partial charge in [0.15, 0.2) is 0 Å². The van der Waals surface area contributed by atoms with E-state index in [2.05, 4.69) is 4.72 Å². The molecule has 0 amide bonds. The van der Waals surface area contributed by atoms with Crippen LogP contribution < -0.4 is 4.72 Å². The van der Waals surface area contributed by atoms with Gasteiger partial charge in [-0.25, -0.2) is 13.1 Å². The average Bonchev–Trinajstić information content (AvgIpc) is 2.01. The van der Waals surface area contributed by atoms with Crippen molar-refractivity contribution in [1.82, 2.24) is 4.72 Å². The zero-order valence-electron chi connectivity index (χ0n) is 8.38. The van der Waals surface area contributed by atoms with E-state index in [-0.39, 0.29) is 17.7 Å². The van der Waals surface area contributed by atoms with Gasteiger partial charge in [-0.2, -0.15) is 0 Å². The molecule has 0 aromatic heterocycles. The Labute approximate surface area is 85.9 Å². The van der Waals surface area contributed by atoms with E-state index in [0.29, 0.717) is 5.92 Å². The lowest BCUT2D eigenvalue weighted by atomic mass is 10.0. The second-order valence-electron chi connectivity index (χ2n) is 3.30. The summed E-state index contributed by atoms with van der Waals surface area (Å²) in [6.07, 6.45) is 0.963. The average molecular weight is 228 g/mol. The number of sulfonamides is 1. The Kier molecular flexibility index (Phi) is 5.92. The summed E-state index contributed by atoms with van der Waals surface area (Å²) < 4.78 is 25.1. The molecule has 5 heteroatoms. The Morgan fingerprint density at radius 3 is 2.31 bits per heavy atom. The molecule has 0 radical (unpaired) electrons. The molecule has 0 heterocycles. The van der Waals surface area contributed by atoms with Crippen molar-refractivity contribution in [2.75, 3.05) is 11.6 Å². The van der Waals surface area contributed by atoms with Crippen LogP contribution in [0.3, 0.4) is 0 Å². The van der Waals surface area contributed by atoms with Crippen molar-refractivity contribution < 1.29 is 8.42 Å². The van der Waals surface area contributed by atoms with Crippen LogP contribution in [0.25, 0.3) is 0 Å². The first-order valence-corrected chi connectivity index (χ1v) is 6.67. The quantitative estimate of drug-likeness (QED) is 0.701. The van der Waals surface area contributed by atoms with E-state index in [1.54, 1.807) is 0 Å². The number of hydrogen-bond acceptors (Lipinski definition) is 2. The van der Waals surface area contributed by atoms with E-state index in [9.17, 15) is 8.42 Å². The van der Waals surface area contributed by atoms with Crippen molar-refractivity contribution in [2.45, 2.75) is 33.2 Å². The van der Waals surface area contributed by atoms with Crippen molar-refractivity contribution in [3.8, 4) is 0 Å². The molecule has 0 aliphatic rings. The van der Waals surface area contributed by atoms with Crippen molar-refractivity contribution in [3.63, 3.8) is 0 Å². The van der Waals surface area contributed by atoms with Crippen LogP contribution in [0.5, 0.6) is 0 Å². The lowest BCUT2D eigenvalue weighted by Gasteiger charge is -2.19. The standard InChI is InChI=1S/C8H18ClNO2S/c1-4-7(2)8(3)10-13(11,12)6-5-9/h7-8,10H,4-6H2,1-3H3. The minimum Gasteiger partial charge on any atom is -0.212 e. The van der Waals surface area contributed by atoms with E-state index >= 15 is 0 Å². The second kappa shape index (κ2) is 5.83. The fourth-order valence-corrected chi connectivity index (χ4v) is 2.64. The summed E-state index contributed by atoms with van der Waals surface area (Å²) in [5.74, 6) is 0.489. The summed E-state index contributed by atoms with van der Waals surface area (Å²) in [5, 5.41) is 0. The Balaban J connectivity index is 4.11. The summed E-state index contributed by atoms with van der Waals surface area (Å²) >= 11 is 5.36. The van der Waals surface area contributed by atoms with Gasteiger partial charge in [0, 0.05) is 11.9 Å². The maximum atomic E-state index is 11.3. The lowest BCUT2D eigenvalue weighted by Crippen LogP contribution is -2.38. The third-order valence-corrected chi connectivity index (χ3v) is 4.09. The number of hydrogen-bond donors (Lipinski definition) is 1. The summed E-state index contributed by atoms with van der Waals surface area (Å²) in [5.41, 5.74) is 0. The fourth-order valence-electron chi connectivity index (χ4n) is 0.913. The van der Waals surface area contributed by atoms with Crippen LogP contribution in [0.15, 0.2) is 0 Å². The molecule has 0 saturated carbocycles. The van der Waals surface area contributed by atoms with E-state index in [1.807, 2.05) is 20.8 Å². The summed E-state index contributed by atoms with van der Waals surface area (Å²) in [6.45, 7) is 5.94. The van der Waals surface area contributed by atoms with Crippen molar-refractivity contribution in [1.29, 1.82) is 0 Å². The van der Waals surface area contributed by atoms with Gasteiger partial charge in [-0.3, -0.25) is 0 Å². The van der Waals surface area contributed by atoms with Gasteiger partial charge in [0.1, 0.15) is 0 Å². The molecule has 0 spiro atoms. The van der Waals surface area contributed by atoms with Crippen LogP contribution in [-0.2, 0) is 10.0 Å². The highest BCUT2D eigenvalue weighted by molar-refractivity contribution is 7.89. The molecule has 0 fully saturated rings. The van der Waals surface area contributed by atoms with E-state index in [1.165, 1.54) is 0 Å². The molecule has 80 valence electrons. The van der Waals surface area contributed by atoms with Crippen LogP contribution in [0.1, 0.15) is 27.2 Å². The molecule has 3 nitrogen and oxygen atoms in total. The largest absolute Gasteiger partial charge is 0.213 e. The van der Waals surface area contributed by atoms with Crippen molar-refractivity contribution in [3.05, 3.63) is 0 Å². The molecular formula is C8H18ClNO2S. The predicted molar refractivity (Wildman–Crippen MR) is 56.6 cm³/mol. The smallest absolute Gasteiger partial charge is 0.212 e. The molecule has 0 aliphatic carbocycles. The second-order valence-corrected chi connectivity index (χ2v) is 5.55. The van der Waals surface area contributed by atoms with Crippen molar-refractivity contribution >= 4 is 21.6 Å². The highest BCUT2D eigenvalue weighted by Gasteiger charge is 2.17. The Morgan fingerprint density at radius 1 is 1.38 bits per heavy atom. The lowest BCUT2D eigenvalue weighted by molar-refractivity contribution is 0.434. The van der Waals surface area contributed by atoms with Crippen LogP contribution in [0.2, 0.25) is 0 Å². The van der Waals surface area contributed by atoms with Gasteiger partial charge >= 0.3 is 0 Å². The molecule has 0 bridgehead atoms. The van der Waals surface area contributed by atoms with Gasteiger partial charge in [-0.05, 0) is 12.8 Å². The summed E-state index contributed by atoms with van der Waals surface area (Å²) in [7, 11) is -3.17. The number of alkyl halides is 1. The predicted octanol–water partition coefficient (Wildman–Crippen LogP) is 1.58. The van der Waals surface area contributed by atoms with Crippen LogP contribution >= 0.6 is 11.6 Å². The third-order valence-electron chi connectivity index (χ3n) is 2.21. The zero-order valence-corrected chi connectivity index (χ0v) is 9.95. The Morgan fingerprint density at radius 2 is 1.92 bits per heavy atom. The molecule has 0 aliphatic heterocycles. The van der Waals surface area contributed by atoms with Gasteiger partial charge in [-0.1, -0.05) is 20.3 Å². The van der Waals surface area contributed by atoms with Gasteiger partial charge < -0.3 is 0 Å². The highest BCUT2D eigenvalue weighted by Crippen LogP contribution is 2.07. The first-order chi connectivity index (χ1) is 5.93. The molecule has 2 atom stereocenters. The molecule has 0 aromatic rings. The molecule has 0 rings (SSSR count). The Hall–Kier alpha value is 0.200. The van der Waals surface area contributed by atoms with Crippen molar-refractivity contribution in [2.24, 2.45) is 5.92 Å². The van der Waals surface area contributed by atoms with Gasteiger partial charge in [0.25, 0.3) is 0 Å². The van der Waals surface area contributed by atoms with E-state index in [0.717, 1.165) is 6.42 Å². The monoisotopic (exact) mass is 227 g/mol. The summed E-state index contributed by atoms with van der Waals surface area (Å²) in [4.78, 5) is 0. The van der Waals surface area contributed by atoms with Crippen LogP contribution in [-0.4, -0.2) is 26.1 Å². The normalized spacial score (nSPS) is 16.9. The minimum atomic E-state index is -3.17. The third kappa shape index (κ3) is 5.49. The number of rotatable bonds is 6. The minimum absolute atomic E-state index is 0.00463. The van der Waals surface area contributed by atoms with E-state index < -0.39 is 10.0 Å². The molecule has 13 heavy (non-hydrogen) atoms. The molecule has 2 unspecified atom stereocenters. The highest BCUT2D eigenvalue weighted by atomic mass is 35.5. The van der Waals surface area contributed by atoms with E-state index in [4.69, 9.17) is 11.6 Å². The van der Waals surface area contributed by atoms with Crippen LogP contribution in [0.4, 0.5) is 0 Å². The molecule has 1 N–H and O–H groups in total. The fraction of sp³-hybridized carbons (Fsp3) is 1.00. The SMILES string of the molecule is CCC(C)C(C)NS(=O)(=O)CCCl. The van der Waals surface area contributed by atoms with Gasteiger partial charge in [-0.15, -0.1) is 11.6 Å². The summed E-state index contributed by atoms with van der Waals surface area (Å²) in [6, 6.07) is -0.0155. The molecule has 0 saturated heterocycles. The maximum Gasteiger partial charge on any atom is 0.213 e. The zero-order chi connectivity index (χ0) is 10.5. The molecular weight excluding hydrogens is 210 g/mol.